The molecule has 0 radical (unpaired) electrons. The molecule has 0 saturated carbocycles. The third-order valence-electron chi connectivity index (χ3n) is 2.77. The van der Waals surface area contributed by atoms with Crippen molar-refractivity contribution in [1.29, 1.82) is 0 Å². The molecular weight excluding hydrogens is 195 g/mol. The van der Waals surface area contributed by atoms with Gasteiger partial charge in [0.25, 0.3) is 0 Å². The van der Waals surface area contributed by atoms with Crippen molar-refractivity contribution in [3.63, 3.8) is 0 Å². The fourth-order valence-electron chi connectivity index (χ4n) is 1.90. The Balaban J connectivity index is 1.97. The minimum atomic E-state index is -0.328. The van der Waals surface area contributed by atoms with Gasteiger partial charge in [0.05, 0.1) is 6.20 Å². The maximum Gasteiger partial charge on any atom is 0.141 e. The SMILES string of the molecule is NC(CC1CCOC1)c1cncc(F)c1. The van der Waals surface area contributed by atoms with Crippen LogP contribution in [0.25, 0.3) is 0 Å². The highest BCUT2D eigenvalue weighted by Crippen LogP contribution is 2.24. The lowest BCUT2D eigenvalue weighted by atomic mass is 9.96. The van der Waals surface area contributed by atoms with Crippen LogP contribution in [0, 0.1) is 11.7 Å². The summed E-state index contributed by atoms with van der Waals surface area (Å²) in [4.78, 5) is 3.79. The van der Waals surface area contributed by atoms with E-state index in [1.54, 1.807) is 6.20 Å². The van der Waals surface area contributed by atoms with Crippen molar-refractivity contribution >= 4 is 0 Å². The van der Waals surface area contributed by atoms with Gasteiger partial charge in [0.15, 0.2) is 0 Å². The van der Waals surface area contributed by atoms with E-state index < -0.39 is 0 Å². The van der Waals surface area contributed by atoms with Crippen LogP contribution in [0.4, 0.5) is 4.39 Å². The Morgan fingerprint density at radius 2 is 2.47 bits per heavy atom. The van der Waals surface area contributed by atoms with E-state index >= 15 is 0 Å². The smallest absolute Gasteiger partial charge is 0.141 e. The van der Waals surface area contributed by atoms with E-state index in [0.29, 0.717) is 5.92 Å². The normalized spacial score (nSPS) is 22.9. The summed E-state index contributed by atoms with van der Waals surface area (Å²) in [5.74, 6) is 0.175. The van der Waals surface area contributed by atoms with Gasteiger partial charge < -0.3 is 10.5 Å². The highest BCUT2D eigenvalue weighted by atomic mass is 19.1. The number of pyridine rings is 1. The van der Waals surface area contributed by atoms with Gasteiger partial charge in [-0.25, -0.2) is 4.39 Å². The number of hydrogen-bond donors (Lipinski definition) is 1. The van der Waals surface area contributed by atoms with E-state index in [2.05, 4.69) is 4.98 Å². The molecule has 4 heteroatoms. The molecule has 0 spiro atoms. The van der Waals surface area contributed by atoms with Gasteiger partial charge in [-0.1, -0.05) is 0 Å². The van der Waals surface area contributed by atoms with E-state index in [0.717, 1.165) is 31.6 Å². The molecule has 0 aliphatic carbocycles. The average Bonchev–Trinajstić information content (AvgIpc) is 2.70. The van der Waals surface area contributed by atoms with Crippen LogP contribution in [-0.2, 0) is 4.74 Å². The van der Waals surface area contributed by atoms with Crippen molar-refractivity contribution in [2.45, 2.75) is 18.9 Å². The van der Waals surface area contributed by atoms with Crippen molar-refractivity contribution in [3.05, 3.63) is 29.8 Å². The number of nitrogens with two attached hydrogens (primary N) is 1. The predicted octanol–water partition coefficient (Wildman–Crippen LogP) is 1.65. The first-order chi connectivity index (χ1) is 7.25. The number of nitrogens with zero attached hydrogens (tertiary/aromatic N) is 1. The van der Waals surface area contributed by atoms with Crippen molar-refractivity contribution < 1.29 is 9.13 Å². The molecule has 0 bridgehead atoms. The van der Waals surface area contributed by atoms with Crippen LogP contribution in [-0.4, -0.2) is 18.2 Å². The summed E-state index contributed by atoms with van der Waals surface area (Å²) < 4.78 is 18.2. The van der Waals surface area contributed by atoms with E-state index in [1.807, 2.05) is 0 Å². The molecule has 15 heavy (non-hydrogen) atoms. The van der Waals surface area contributed by atoms with Crippen molar-refractivity contribution in [3.8, 4) is 0 Å². The second-order valence-corrected chi connectivity index (χ2v) is 4.01. The summed E-state index contributed by atoms with van der Waals surface area (Å²) in [5.41, 5.74) is 6.75. The molecule has 1 aromatic heterocycles. The summed E-state index contributed by atoms with van der Waals surface area (Å²) in [7, 11) is 0. The Bertz CT molecular complexity index is 326. The zero-order valence-corrected chi connectivity index (χ0v) is 8.53. The molecule has 2 N–H and O–H groups in total. The summed E-state index contributed by atoms with van der Waals surface area (Å²) in [6.45, 7) is 1.59. The second-order valence-electron chi connectivity index (χ2n) is 4.01. The molecule has 3 nitrogen and oxygen atoms in total. The van der Waals surface area contributed by atoms with E-state index in [9.17, 15) is 4.39 Å². The van der Waals surface area contributed by atoms with Crippen molar-refractivity contribution in [2.24, 2.45) is 11.7 Å². The maximum absolute atomic E-state index is 12.9. The van der Waals surface area contributed by atoms with Crippen LogP contribution in [0.5, 0.6) is 0 Å². The minimum absolute atomic E-state index is 0.139. The number of ether oxygens (including phenoxy) is 1. The Labute approximate surface area is 88.5 Å². The van der Waals surface area contributed by atoms with Crippen molar-refractivity contribution in [2.75, 3.05) is 13.2 Å². The average molecular weight is 210 g/mol. The molecule has 0 amide bonds. The Hall–Kier alpha value is -1.00. The summed E-state index contributed by atoms with van der Waals surface area (Å²) in [6, 6.07) is 1.31. The molecule has 2 atom stereocenters. The molecular formula is C11H15FN2O. The van der Waals surface area contributed by atoms with Crippen LogP contribution in [0.2, 0.25) is 0 Å². The third kappa shape index (κ3) is 2.73. The first-order valence-electron chi connectivity index (χ1n) is 5.19. The first-order valence-corrected chi connectivity index (χ1v) is 5.19. The van der Waals surface area contributed by atoms with Gasteiger partial charge in [-0.05, 0) is 30.4 Å². The molecule has 1 aliphatic heterocycles. The van der Waals surface area contributed by atoms with Gasteiger partial charge in [0.1, 0.15) is 5.82 Å². The van der Waals surface area contributed by atoms with Crippen LogP contribution < -0.4 is 5.73 Å². The Morgan fingerprint density at radius 1 is 1.60 bits per heavy atom. The molecule has 2 unspecified atom stereocenters. The van der Waals surface area contributed by atoms with Gasteiger partial charge in [-0.2, -0.15) is 0 Å². The highest BCUT2D eigenvalue weighted by Gasteiger charge is 2.19. The topological polar surface area (TPSA) is 48.1 Å². The second kappa shape index (κ2) is 4.68. The number of rotatable bonds is 3. The molecule has 0 aromatic carbocycles. The first kappa shape index (κ1) is 10.5. The molecule has 1 saturated heterocycles. The predicted molar refractivity (Wildman–Crippen MR) is 54.7 cm³/mol. The van der Waals surface area contributed by atoms with Gasteiger partial charge in [-0.15, -0.1) is 0 Å². The lowest BCUT2D eigenvalue weighted by molar-refractivity contribution is 0.182. The van der Waals surface area contributed by atoms with Crippen LogP contribution in [0.3, 0.4) is 0 Å². The minimum Gasteiger partial charge on any atom is -0.381 e. The Morgan fingerprint density at radius 3 is 3.13 bits per heavy atom. The largest absolute Gasteiger partial charge is 0.381 e. The van der Waals surface area contributed by atoms with E-state index in [4.69, 9.17) is 10.5 Å². The van der Waals surface area contributed by atoms with Gasteiger partial charge in [0, 0.05) is 25.5 Å². The van der Waals surface area contributed by atoms with E-state index in [1.165, 1.54) is 12.3 Å². The van der Waals surface area contributed by atoms with Crippen LogP contribution in [0.1, 0.15) is 24.4 Å². The third-order valence-corrected chi connectivity index (χ3v) is 2.77. The monoisotopic (exact) mass is 210 g/mol. The van der Waals surface area contributed by atoms with Gasteiger partial charge >= 0.3 is 0 Å². The summed E-state index contributed by atoms with van der Waals surface area (Å²) >= 11 is 0. The molecule has 2 rings (SSSR count). The van der Waals surface area contributed by atoms with E-state index in [-0.39, 0.29) is 11.9 Å². The fraction of sp³-hybridized carbons (Fsp3) is 0.545. The molecule has 1 aromatic rings. The zero-order valence-electron chi connectivity index (χ0n) is 8.53. The summed E-state index contributed by atoms with van der Waals surface area (Å²) in [5, 5.41) is 0. The lowest BCUT2D eigenvalue weighted by Gasteiger charge is -2.15. The Kier molecular flexibility index (Phi) is 3.28. The van der Waals surface area contributed by atoms with Gasteiger partial charge in [0.2, 0.25) is 0 Å². The lowest BCUT2D eigenvalue weighted by Crippen LogP contribution is -2.16. The molecule has 82 valence electrons. The van der Waals surface area contributed by atoms with Crippen molar-refractivity contribution in [1.82, 2.24) is 4.98 Å². The quantitative estimate of drug-likeness (QED) is 0.825. The molecule has 1 aliphatic rings. The highest BCUT2D eigenvalue weighted by molar-refractivity contribution is 5.14. The van der Waals surface area contributed by atoms with Gasteiger partial charge in [-0.3, -0.25) is 4.98 Å². The standard InChI is InChI=1S/C11H15FN2O/c12-10-4-9(5-14-6-10)11(13)3-8-1-2-15-7-8/h4-6,8,11H,1-3,7,13H2. The van der Waals surface area contributed by atoms with Crippen LogP contribution >= 0.6 is 0 Å². The number of aromatic nitrogens is 1. The number of hydrogen-bond acceptors (Lipinski definition) is 3. The molecule has 2 heterocycles. The van der Waals surface area contributed by atoms with Crippen LogP contribution in [0.15, 0.2) is 18.5 Å². The number of halogens is 1. The molecule has 1 fully saturated rings. The maximum atomic E-state index is 12.9. The fourth-order valence-corrected chi connectivity index (χ4v) is 1.90. The summed E-state index contributed by atoms with van der Waals surface area (Å²) in [6.07, 6.45) is 4.71. The zero-order chi connectivity index (χ0) is 10.7.